The number of rotatable bonds is 3. The standard InChI is InChI=1S/C14H13N3O4/c18-13-8-15-4-5-17(13)10-3-1-2-9(6-10)11-7-12(14(19)20)21-16-11/h1-3,6-7,15H,4-5,8H2,(H,19,20). The molecule has 0 radical (unpaired) electrons. The first-order valence-electron chi connectivity index (χ1n) is 6.46. The number of anilines is 1. The molecular weight excluding hydrogens is 274 g/mol. The zero-order valence-corrected chi connectivity index (χ0v) is 11.1. The highest BCUT2D eigenvalue weighted by atomic mass is 16.5. The van der Waals surface area contributed by atoms with Gasteiger partial charge in [-0.3, -0.25) is 4.79 Å². The molecule has 0 saturated carbocycles. The predicted molar refractivity (Wildman–Crippen MR) is 74.1 cm³/mol. The van der Waals surface area contributed by atoms with Crippen LogP contribution in [-0.2, 0) is 4.79 Å². The SMILES string of the molecule is O=C(O)c1cc(-c2cccc(N3CCNCC3=O)c2)no1. The van der Waals surface area contributed by atoms with E-state index in [2.05, 4.69) is 10.5 Å². The lowest BCUT2D eigenvalue weighted by Crippen LogP contribution is -2.48. The van der Waals surface area contributed by atoms with E-state index < -0.39 is 5.97 Å². The second-order valence-electron chi connectivity index (χ2n) is 4.65. The van der Waals surface area contributed by atoms with Gasteiger partial charge in [0.15, 0.2) is 0 Å². The lowest BCUT2D eigenvalue weighted by molar-refractivity contribution is -0.118. The van der Waals surface area contributed by atoms with Crippen LogP contribution in [0.4, 0.5) is 5.69 Å². The summed E-state index contributed by atoms with van der Waals surface area (Å²) >= 11 is 0. The van der Waals surface area contributed by atoms with Crippen molar-refractivity contribution in [2.75, 3.05) is 24.5 Å². The Kier molecular flexibility index (Phi) is 3.41. The molecule has 0 atom stereocenters. The Morgan fingerprint density at radius 3 is 2.95 bits per heavy atom. The highest BCUT2D eigenvalue weighted by molar-refractivity contribution is 5.96. The van der Waals surface area contributed by atoms with E-state index in [1.54, 1.807) is 23.1 Å². The number of aromatic nitrogens is 1. The quantitative estimate of drug-likeness (QED) is 0.873. The lowest BCUT2D eigenvalue weighted by Gasteiger charge is -2.27. The Balaban J connectivity index is 1.91. The van der Waals surface area contributed by atoms with E-state index in [1.165, 1.54) is 6.07 Å². The van der Waals surface area contributed by atoms with Gasteiger partial charge in [-0.2, -0.15) is 0 Å². The van der Waals surface area contributed by atoms with Crippen molar-refractivity contribution >= 4 is 17.6 Å². The minimum atomic E-state index is -1.16. The van der Waals surface area contributed by atoms with Gasteiger partial charge in [-0.25, -0.2) is 4.79 Å². The third-order valence-corrected chi connectivity index (χ3v) is 3.26. The molecule has 3 rings (SSSR count). The van der Waals surface area contributed by atoms with Crippen molar-refractivity contribution in [1.82, 2.24) is 10.5 Å². The van der Waals surface area contributed by atoms with Crippen LogP contribution in [0, 0.1) is 0 Å². The Bertz CT molecular complexity index is 695. The smallest absolute Gasteiger partial charge is 0.374 e. The van der Waals surface area contributed by atoms with Crippen LogP contribution in [0.5, 0.6) is 0 Å². The van der Waals surface area contributed by atoms with Gasteiger partial charge in [0.1, 0.15) is 5.69 Å². The van der Waals surface area contributed by atoms with Gasteiger partial charge in [-0.15, -0.1) is 0 Å². The molecule has 7 nitrogen and oxygen atoms in total. The van der Waals surface area contributed by atoms with Gasteiger partial charge >= 0.3 is 5.97 Å². The zero-order valence-electron chi connectivity index (χ0n) is 11.1. The number of piperazine rings is 1. The summed E-state index contributed by atoms with van der Waals surface area (Å²) in [6, 6.07) is 8.59. The molecule has 1 aromatic carbocycles. The van der Waals surface area contributed by atoms with Gasteiger partial charge < -0.3 is 19.8 Å². The maximum absolute atomic E-state index is 11.9. The van der Waals surface area contributed by atoms with Gasteiger partial charge in [0.25, 0.3) is 0 Å². The third-order valence-electron chi connectivity index (χ3n) is 3.26. The van der Waals surface area contributed by atoms with Gasteiger partial charge in [0, 0.05) is 30.4 Å². The third kappa shape index (κ3) is 2.63. The van der Waals surface area contributed by atoms with Crippen LogP contribution < -0.4 is 10.2 Å². The number of hydrogen-bond donors (Lipinski definition) is 2. The topological polar surface area (TPSA) is 95.7 Å². The van der Waals surface area contributed by atoms with Crippen LogP contribution >= 0.6 is 0 Å². The number of carbonyl (C=O) groups excluding carboxylic acids is 1. The van der Waals surface area contributed by atoms with Crippen LogP contribution in [0.2, 0.25) is 0 Å². The van der Waals surface area contributed by atoms with Crippen molar-refractivity contribution in [2.24, 2.45) is 0 Å². The Hall–Kier alpha value is -2.67. The van der Waals surface area contributed by atoms with E-state index >= 15 is 0 Å². The van der Waals surface area contributed by atoms with Crippen molar-refractivity contribution in [1.29, 1.82) is 0 Å². The van der Waals surface area contributed by atoms with E-state index in [-0.39, 0.29) is 11.7 Å². The first-order valence-corrected chi connectivity index (χ1v) is 6.46. The van der Waals surface area contributed by atoms with Crippen molar-refractivity contribution in [3.8, 4) is 11.3 Å². The largest absolute Gasteiger partial charge is 0.475 e. The summed E-state index contributed by atoms with van der Waals surface area (Å²) in [7, 11) is 0. The molecule has 2 aromatic rings. The Labute approximate surface area is 120 Å². The van der Waals surface area contributed by atoms with Crippen LogP contribution in [0.1, 0.15) is 10.6 Å². The molecule has 0 bridgehead atoms. The minimum absolute atomic E-state index is 0.00442. The maximum atomic E-state index is 11.9. The number of amides is 1. The molecule has 2 heterocycles. The molecule has 21 heavy (non-hydrogen) atoms. The molecule has 0 unspecified atom stereocenters. The monoisotopic (exact) mass is 287 g/mol. The summed E-state index contributed by atoms with van der Waals surface area (Å²) < 4.78 is 4.75. The molecular formula is C14H13N3O4. The van der Waals surface area contributed by atoms with Crippen molar-refractivity contribution in [3.63, 3.8) is 0 Å². The molecule has 2 N–H and O–H groups in total. The fourth-order valence-electron chi connectivity index (χ4n) is 2.22. The van der Waals surface area contributed by atoms with E-state index in [9.17, 15) is 9.59 Å². The van der Waals surface area contributed by atoms with Gasteiger partial charge in [0.05, 0.1) is 6.54 Å². The fourth-order valence-corrected chi connectivity index (χ4v) is 2.22. The highest BCUT2D eigenvalue weighted by Crippen LogP contribution is 2.25. The van der Waals surface area contributed by atoms with Crippen molar-refractivity contribution < 1.29 is 19.2 Å². The highest BCUT2D eigenvalue weighted by Gasteiger charge is 2.20. The molecule has 108 valence electrons. The maximum Gasteiger partial charge on any atom is 0.374 e. The minimum Gasteiger partial charge on any atom is -0.475 e. The summed E-state index contributed by atoms with van der Waals surface area (Å²) in [6.45, 7) is 1.65. The van der Waals surface area contributed by atoms with Crippen LogP contribution in [-0.4, -0.2) is 41.8 Å². The summed E-state index contributed by atoms with van der Waals surface area (Å²) in [4.78, 5) is 24.4. The second kappa shape index (κ2) is 5.37. The van der Waals surface area contributed by atoms with E-state index in [0.717, 1.165) is 12.2 Å². The molecule has 0 aliphatic carbocycles. The zero-order chi connectivity index (χ0) is 14.8. The number of aromatic carboxylic acids is 1. The number of hydrogen-bond acceptors (Lipinski definition) is 5. The molecule has 1 aromatic heterocycles. The first-order chi connectivity index (χ1) is 10.1. The average Bonchev–Trinajstić information content (AvgIpc) is 2.98. The summed E-state index contributed by atoms with van der Waals surface area (Å²) in [5.41, 5.74) is 1.89. The van der Waals surface area contributed by atoms with Crippen molar-refractivity contribution in [2.45, 2.75) is 0 Å². The molecule has 7 heteroatoms. The fraction of sp³-hybridized carbons (Fsp3) is 0.214. The van der Waals surface area contributed by atoms with Gasteiger partial charge in [0.2, 0.25) is 11.7 Å². The molecule has 0 spiro atoms. The molecule has 1 aliphatic rings. The molecule has 1 amide bonds. The molecule has 1 fully saturated rings. The van der Waals surface area contributed by atoms with Crippen LogP contribution in [0.25, 0.3) is 11.3 Å². The average molecular weight is 287 g/mol. The summed E-state index contributed by atoms with van der Waals surface area (Å²) in [6.07, 6.45) is 0. The van der Waals surface area contributed by atoms with Crippen LogP contribution in [0.3, 0.4) is 0 Å². The van der Waals surface area contributed by atoms with Crippen molar-refractivity contribution in [3.05, 3.63) is 36.1 Å². The normalized spacial score (nSPS) is 15.2. The van der Waals surface area contributed by atoms with Crippen LogP contribution in [0.15, 0.2) is 34.9 Å². The number of nitrogens with zero attached hydrogens (tertiary/aromatic N) is 2. The lowest BCUT2D eigenvalue weighted by atomic mass is 10.1. The summed E-state index contributed by atoms with van der Waals surface area (Å²) in [5.74, 6) is -1.37. The Morgan fingerprint density at radius 1 is 1.38 bits per heavy atom. The predicted octanol–water partition coefficient (Wildman–Crippen LogP) is 0.976. The van der Waals surface area contributed by atoms with E-state index in [0.29, 0.717) is 24.3 Å². The van der Waals surface area contributed by atoms with Gasteiger partial charge in [-0.05, 0) is 12.1 Å². The number of carboxylic acids is 1. The molecule has 1 saturated heterocycles. The van der Waals surface area contributed by atoms with E-state index in [4.69, 9.17) is 9.63 Å². The number of benzene rings is 1. The Morgan fingerprint density at radius 2 is 2.24 bits per heavy atom. The van der Waals surface area contributed by atoms with Gasteiger partial charge in [-0.1, -0.05) is 17.3 Å². The molecule has 1 aliphatic heterocycles. The number of carbonyl (C=O) groups is 2. The second-order valence-corrected chi connectivity index (χ2v) is 4.65. The first kappa shape index (κ1) is 13.3. The summed E-state index contributed by atoms with van der Waals surface area (Å²) in [5, 5.41) is 15.6. The number of nitrogens with one attached hydrogen (secondary N) is 1. The number of carboxylic acid groups (broad SMARTS) is 1. The van der Waals surface area contributed by atoms with E-state index in [1.807, 2.05) is 6.07 Å².